The maximum Gasteiger partial charge on any atom is 0.490 e. The third-order valence-corrected chi connectivity index (χ3v) is 5.55. The Labute approximate surface area is 206 Å². The Balaban J connectivity index is 0.000000286. The van der Waals surface area contributed by atoms with Crippen molar-refractivity contribution in [3.8, 4) is 0 Å². The average molecular weight is 539 g/mol. The summed E-state index contributed by atoms with van der Waals surface area (Å²) in [4.78, 5) is 39.2. The number of carboxylic acid groups (broad SMARTS) is 2. The molecule has 2 fully saturated rings. The fraction of sp³-hybridized carbons (Fsp3) is 0.476. The van der Waals surface area contributed by atoms with Crippen molar-refractivity contribution in [3.05, 3.63) is 42.5 Å². The van der Waals surface area contributed by atoms with E-state index in [0.717, 1.165) is 44.7 Å². The lowest BCUT2D eigenvalue weighted by Gasteiger charge is -2.23. The predicted molar refractivity (Wildman–Crippen MR) is 114 cm³/mol. The zero-order chi connectivity index (χ0) is 28.0. The molecule has 204 valence electrons. The molecule has 2 aliphatic rings. The minimum atomic E-state index is -5.08. The van der Waals surface area contributed by atoms with Gasteiger partial charge in [0.1, 0.15) is 0 Å². The molecule has 2 N–H and O–H groups in total. The molecule has 1 amide bonds. The summed E-state index contributed by atoms with van der Waals surface area (Å²) in [6.07, 6.45) is -0.815. The smallest absolute Gasteiger partial charge is 0.475 e. The molecule has 2 aromatic rings. The number of carbonyl (C=O) groups excluding carboxylic acids is 1. The minimum Gasteiger partial charge on any atom is -0.475 e. The standard InChI is InChI=1S/C17H21N5O.2C2HF3O2/c1-20-11-14(9-19-20)12-21-7-4-17(13-21)5-8-22(16(17)23)15-3-2-6-18-10-15;2*3-2(4,5)1(6)7/h2-3,6,9-11H,4-5,7-8,12-13H2,1H3;2*(H,6,7). The number of aliphatic carboxylic acids is 2. The van der Waals surface area contributed by atoms with Crippen molar-refractivity contribution in [2.75, 3.05) is 24.5 Å². The number of amides is 1. The van der Waals surface area contributed by atoms with Gasteiger partial charge in [0.2, 0.25) is 5.91 Å². The second kappa shape index (κ2) is 11.6. The molecule has 0 aromatic carbocycles. The number of pyridine rings is 1. The lowest BCUT2D eigenvalue weighted by Crippen LogP contribution is -2.36. The molecule has 1 spiro atoms. The number of aromatic nitrogens is 3. The Kier molecular flexibility index (Phi) is 9.24. The van der Waals surface area contributed by atoms with Crippen molar-refractivity contribution >= 4 is 23.5 Å². The van der Waals surface area contributed by atoms with Gasteiger partial charge in [0.05, 0.1) is 23.5 Å². The number of carboxylic acids is 2. The van der Waals surface area contributed by atoms with Crippen molar-refractivity contribution < 1.29 is 50.9 Å². The number of hydrogen-bond donors (Lipinski definition) is 2. The van der Waals surface area contributed by atoms with Gasteiger partial charge in [-0.15, -0.1) is 0 Å². The Morgan fingerprint density at radius 3 is 2.05 bits per heavy atom. The molecular formula is C21H23F6N5O5. The largest absolute Gasteiger partial charge is 0.490 e. The topological polar surface area (TPSA) is 129 Å². The highest BCUT2D eigenvalue weighted by molar-refractivity contribution is 6.00. The maximum absolute atomic E-state index is 13.0. The summed E-state index contributed by atoms with van der Waals surface area (Å²) in [6, 6.07) is 3.85. The maximum atomic E-state index is 13.0. The molecule has 1 atom stereocenters. The first kappa shape index (κ1) is 29.5. The number of halogens is 6. The summed E-state index contributed by atoms with van der Waals surface area (Å²) < 4.78 is 65.3. The first-order valence-corrected chi connectivity index (χ1v) is 10.6. The number of likely N-dealkylation sites (tertiary alicyclic amines) is 1. The molecule has 10 nitrogen and oxygen atoms in total. The van der Waals surface area contributed by atoms with Crippen LogP contribution in [0.4, 0.5) is 32.0 Å². The fourth-order valence-electron chi connectivity index (χ4n) is 3.86. The van der Waals surface area contributed by atoms with E-state index in [-0.39, 0.29) is 11.3 Å². The van der Waals surface area contributed by atoms with Crippen molar-refractivity contribution in [1.29, 1.82) is 0 Å². The second-order valence-electron chi connectivity index (χ2n) is 8.29. The number of anilines is 1. The Morgan fingerprint density at radius 1 is 1.03 bits per heavy atom. The first-order valence-electron chi connectivity index (χ1n) is 10.6. The van der Waals surface area contributed by atoms with E-state index in [1.165, 1.54) is 5.56 Å². The number of alkyl halides is 6. The number of hydrogen-bond acceptors (Lipinski definition) is 6. The van der Waals surface area contributed by atoms with Crippen LogP contribution in [0.5, 0.6) is 0 Å². The molecule has 0 radical (unpaired) electrons. The highest BCUT2D eigenvalue weighted by atomic mass is 19.4. The average Bonchev–Trinajstić information content (AvgIpc) is 3.49. The molecule has 4 heterocycles. The summed E-state index contributed by atoms with van der Waals surface area (Å²) >= 11 is 0. The van der Waals surface area contributed by atoms with Crippen LogP contribution in [0.3, 0.4) is 0 Å². The molecule has 16 heteroatoms. The third-order valence-electron chi connectivity index (χ3n) is 5.55. The summed E-state index contributed by atoms with van der Waals surface area (Å²) in [5.41, 5.74) is 1.91. The molecule has 2 aromatic heterocycles. The van der Waals surface area contributed by atoms with Gasteiger partial charge in [0, 0.05) is 44.6 Å². The summed E-state index contributed by atoms with van der Waals surface area (Å²) in [5.74, 6) is -5.25. The van der Waals surface area contributed by atoms with Crippen molar-refractivity contribution in [2.45, 2.75) is 31.7 Å². The molecule has 0 saturated carbocycles. The van der Waals surface area contributed by atoms with Crippen LogP contribution in [-0.4, -0.2) is 79.7 Å². The van der Waals surface area contributed by atoms with Gasteiger partial charge in [-0.2, -0.15) is 31.4 Å². The van der Waals surface area contributed by atoms with E-state index in [1.807, 2.05) is 41.2 Å². The monoisotopic (exact) mass is 539 g/mol. The van der Waals surface area contributed by atoms with Crippen LogP contribution in [0.1, 0.15) is 18.4 Å². The Morgan fingerprint density at radius 2 is 1.59 bits per heavy atom. The van der Waals surface area contributed by atoms with Gasteiger partial charge in [-0.05, 0) is 31.5 Å². The molecule has 2 aliphatic heterocycles. The predicted octanol–water partition coefficient (Wildman–Crippen LogP) is 2.71. The normalized spacial score (nSPS) is 19.8. The number of nitrogens with zero attached hydrogens (tertiary/aromatic N) is 5. The first-order chi connectivity index (χ1) is 17.0. The summed E-state index contributed by atoms with van der Waals surface area (Å²) in [6.45, 7) is 3.49. The number of carbonyl (C=O) groups is 3. The highest BCUT2D eigenvalue weighted by Gasteiger charge is 2.51. The van der Waals surface area contributed by atoms with E-state index in [4.69, 9.17) is 19.8 Å². The van der Waals surface area contributed by atoms with Crippen LogP contribution in [0.25, 0.3) is 0 Å². The van der Waals surface area contributed by atoms with E-state index in [2.05, 4.69) is 15.0 Å². The fourth-order valence-corrected chi connectivity index (χ4v) is 3.86. The number of rotatable bonds is 3. The van der Waals surface area contributed by atoms with Crippen molar-refractivity contribution in [3.63, 3.8) is 0 Å². The molecule has 37 heavy (non-hydrogen) atoms. The van der Waals surface area contributed by atoms with Gasteiger partial charge in [-0.3, -0.25) is 19.4 Å². The number of aryl methyl sites for hydroxylation is 1. The van der Waals surface area contributed by atoms with E-state index < -0.39 is 24.3 Å². The Hall–Kier alpha value is -3.69. The van der Waals surface area contributed by atoms with Crippen molar-refractivity contribution in [2.24, 2.45) is 12.5 Å². The second-order valence-corrected chi connectivity index (χ2v) is 8.29. The summed E-state index contributed by atoms with van der Waals surface area (Å²) in [5, 5.41) is 18.5. The lowest BCUT2D eigenvalue weighted by molar-refractivity contribution is -0.193. The van der Waals surface area contributed by atoms with Gasteiger partial charge in [-0.25, -0.2) is 9.59 Å². The molecule has 2 saturated heterocycles. The van der Waals surface area contributed by atoms with Crippen molar-refractivity contribution in [1.82, 2.24) is 19.7 Å². The van der Waals surface area contributed by atoms with Crippen LogP contribution >= 0.6 is 0 Å². The van der Waals surface area contributed by atoms with Crippen LogP contribution in [-0.2, 0) is 28.0 Å². The molecule has 4 rings (SSSR count). The van der Waals surface area contributed by atoms with E-state index in [1.54, 1.807) is 12.4 Å². The molecular weight excluding hydrogens is 516 g/mol. The van der Waals surface area contributed by atoms with E-state index in [0.29, 0.717) is 0 Å². The zero-order valence-corrected chi connectivity index (χ0v) is 19.3. The van der Waals surface area contributed by atoms with Crippen LogP contribution in [0, 0.1) is 5.41 Å². The lowest BCUT2D eigenvalue weighted by atomic mass is 9.85. The summed E-state index contributed by atoms with van der Waals surface area (Å²) in [7, 11) is 1.93. The quantitative estimate of drug-likeness (QED) is 0.570. The molecule has 1 unspecified atom stereocenters. The van der Waals surface area contributed by atoms with E-state index in [9.17, 15) is 31.1 Å². The molecule has 0 bridgehead atoms. The van der Waals surface area contributed by atoms with E-state index >= 15 is 0 Å². The Bertz CT molecular complexity index is 1070. The highest BCUT2D eigenvalue weighted by Crippen LogP contribution is 2.42. The van der Waals surface area contributed by atoms with Gasteiger partial charge >= 0.3 is 24.3 Å². The zero-order valence-electron chi connectivity index (χ0n) is 19.3. The van der Waals surface area contributed by atoms with Crippen LogP contribution in [0.2, 0.25) is 0 Å². The van der Waals surface area contributed by atoms with Crippen LogP contribution in [0.15, 0.2) is 36.9 Å². The minimum absolute atomic E-state index is 0.210. The van der Waals surface area contributed by atoms with Gasteiger partial charge in [0.25, 0.3) is 0 Å². The SMILES string of the molecule is Cn1cc(CN2CCC3(CCN(c4cccnc4)C3=O)C2)cn1.O=C(O)C(F)(F)F.O=C(O)C(F)(F)F. The van der Waals surface area contributed by atoms with Gasteiger partial charge in [-0.1, -0.05) is 0 Å². The third kappa shape index (κ3) is 8.16. The van der Waals surface area contributed by atoms with Gasteiger partial charge in [0.15, 0.2) is 0 Å². The van der Waals surface area contributed by atoms with Gasteiger partial charge < -0.3 is 15.1 Å². The van der Waals surface area contributed by atoms with Crippen LogP contribution < -0.4 is 4.90 Å². The molecule has 0 aliphatic carbocycles.